The second kappa shape index (κ2) is 24.8. The van der Waals surface area contributed by atoms with Crippen LogP contribution in [0, 0.1) is 39.0 Å². The minimum atomic E-state index is -6.22. The van der Waals surface area contributed by atoms with Crippen LogP contribution in [-0.2, 0) is 37.3 Å². The van der Waals surface area contributed by atoms with Crippen molar-refractivity contribution in [1.82, 2.24) is 14.1 Å². The molecule has 0 aliphatic rings. The van der Waals surface area contributed by atoms with Crippen molar-refractivity contribution in [2.75, 3.05) is 0 Å². The van der Waals surface area contributed by atoms with E-state index in [1.807, 2.05) is 92.6 Å². The van der Waals surface area contributed by atoms with Crippen molar-refractivity contribution >= 4 is 61.7 Å². The zero-order chi connectivity index (χ0) is 89.5. The van der Waals surface area contributed by atoms with Crippen LogP contribution in [0.2, 0.25) is 0 Å². The fraction of sp³-hybridized carbons (Fsp3) is 0.172. The molecule has 14 rings (SSSR count). The number of aryl methyl sites for hydroxylation is 3. The van der Waals surface area contributed by atoms with Crippen molar-refractivity contribution in [3.8, 4) is 62.1 Å². The Morgan fingerprint density at radius 3 is 1.67 bits per heavy atom. The predicted molar refractivity (Wildman–Crippen MR) is 390 cm³/mol. The first-order valence-corrected chi connectivity index (χ1v) is 32.1. The molecule has 0 saturated heterocycles. The van der Waals surface area contributed by atoms with Crippen LogP contribution in [0.4, 0.5) is 0 Å². The van der Waals surface area contributed by atoms with E-state index in [-0.39, 0.29) is 110 Å². The molecule has 0 aliphatic carbocycles. The van der Waals surface area contributed by atoms with Crippen LogP contribution in [0.25, 0.3) is 83.4 Å². The summed E-state index contributed by atoms with van der Waals surface area (Å²) in [6.07, 6.45) is 4.69. The zero-order valence-corrected chi connectivity index (χ0v) is 56.0. The number of hydrogen-bond donors (Lipinski definition) is 0. The van der Waals surface area contributed by atoms with Gasteiger partial charge in [-0.25, -0.2) is 4.98 Å². The quantitative estimate of drug-likeness (QED) is 0.0529. The average Bonchev–Trinajstić information content (AvgIpc) is 1.20. The summed E-state index contributed by atoms with van der Waals surface area (Å²) in [7, 11) is -6.22. The summed E-state index contributed by atoms with van der Waals surface area (Å²) in [6.45, 7) is 8.67. The Morgan fingerprint density at radius 1 is 0.489 bits per heavy atom. The third kappa shape index (κ3) is 11.5. The van der Waals surface area contributed by atoms with Gasteiger partial charge in [0.05, 0.1) is 44.1 Å². The molecule has 94 heavy (non-hydrogen) atoms. The first-order valence-electron chi connectivity index (χ1n) is 44.6. The number of rotatable bonds is 12. The Bertz CT molecular complexity index is 6440. The molecule has 0 N–H and O–H groups in total. The summed E-state index contributed by atoms with van der Waals surface area (Å²) in [5.41, 5.74) is -0.827. The molecular weight excluding hydrogens is 1340 g/mol. The van der Waals surface area contributed by atoms with Crippen LogP contribution in [0.3, 0.4) is 0 Å². The Morgan fingerprint density at radius 2 is 1.06 bits per heavy atom. The number of ether oxygens (including phenoxy) is 1. The number of benzene rings is 11. The molecular formula is C87H78N4OPtSi-2. The number of para-hydroxylation sites is 1. The van der Waals surface area contributed by atoms with Crippen molar-refractivity contribution in [2.45, 2.75) is 99.1 Å². The monoisotopic (exact) mass is 1450 g/mol. The maximum absolute atomic E-state index is 10.4. The van der Waals surface area contributed by atoms with E-state index in [0.29, 0.717) is 32.9 Å². The van der Waals surface area contributed by atoms with E-state index in [1.54, 1.807) is 59.2 Å². The van der Waals surface area contributed by atoms with E-state index in [9.17, 15) is 16.4 Å². The molecule has 468 valence electrons. The number of nitrogens with zero attached hydrogens (tertiary/aromatic N) is 4. The molecule has 0 radical (unpaired) electrons. The van der Waals surface area contributed by atoms with Gasteiger partial charge in [-0.3, -0.25) is 4.57 Å². The van der Waals surface area contributed by atoms with Gasteiger partial charge in [0.2, 0.25) is 0 Å². The fourth-order valence-electron chi connectivity index (χ4n) is 12.1. The van der Waals surface area contributed by atoms with Gasteiger partial charge in [0, 0.05) is 62.2 Å². The van der Waals surface area contributed by atoms with E-state index < -0.39 is 181 Å². The second-order valence-corrected chi connectivity index (χ2v) is 29.5. The van der Waals surface area contributed by atoms with Gasteiger partial charge in [0.1, 0.15) is 5.82 Å². The van der Waals surface area contributed by atoms with Crippen LogP contribution in [0.1, 0.15) is 135 Å². The summed E-state index contributed by atoms with van der Waals surface area (Å²) in [6, 6.07) is 22.6. The summed E-state index contributed by atoms with van der Waals surface area (Å²) >= 11 is 0. The zero-order valence-electron chi connectivity index (χ0n) is 81.7. The SMILES string of the molecule is [2H]c1c([2H])c([2H])c(-c2cnc(-n3c4[c-]c(Oc5[c-]c(-n6[c-][n+](-c7c(-c8cc(C(C)(C)C)cc(C(C)(C)C)c8)cc(C(C)(C)C)cc7[Si](c7c([2H])c([2H])c([2H])c([2H])c7[2H])(c7c([2H])c([2H])c([2H])c([2H])c7[2H])c7c([2H])c([2H])c([2H])c([2H])c7[2H])c7ccc(-c8c(C([2H])([2H])[2H])cccc8C([2H])([2H])[2H])cc76)ccc5)ccc4c4ccccc43)cc2C([2H])([2H])[2H])c([2H])c1[2H].[Pt]. The van der Waals surface area contributed by atoms with Gasteiger partial charge in [-0.15, -0.1) is 29.7 Å². The summed E-state index contributed by atoms with van der Waals surface area (Å²) in [5.74, 6) is 0.0383. The van der Waals surface area contributed by atoms with Gasteiger partial charge >= 0.3 is 0 Å². The van der Waals surface area contributed by atoms with Crippen LogP contribution in [0.15, 0.2) is 254 Å². The molecule has 7 heteroatoms. The maximum Gasteiger partial charge on any atom is 0.268 e. The van der Waals surface area contributed by atoms with Crippen LogP contribution in [-0.4, -0.2) is 22.2 Å². The van der Waals surface area contributed by atoms with E-state index in [2.05, 4.69) is 18.5 Å². The standard InChI is InChI=1S/C87H78N4OSi.Pt/c1-58-29-27-30-59(2)83(58)62-43-46-78-80(50-62)89(67-33-28-34-68(54-67)92-69-44-45-74-73-41-25-26-42-77(73)91(79(74)55-69)82-47-60(3)76(56-88-82)61-31-17-13-18-32-61)57-90(78)84-75(63-48-64(85(4,5)6)51-65(49-63)86(7,8)9)52-66(87(10,11)12)53-81(84)93(70-35-19-14-20-36-70,71-37-21-15-22-38-71)72-39-23-16-24-40-72;/h13-53,56H,1-12H3;/q-2;/i1D3,2D3,3D3,13D,14D,15D,16D,17D,18D,19D,20D,21D,22D,23D,24D,31D,32D,35D,36D,37D,38D,39D,40D;. The van der Waals surface area contributed by atoms with E-state index >= 15 is 0 Å². The first kappa shape index (κ1) is 37.4. The molecule has 14 aromatic rings. The van der Waals surface area contributed by atoms with Gasteiger partial charge in [-0.1, -0.05) is 268 Å². The van der Waals surface area contributed by atoms with Gasteiger partial charge in [0.25, 0.3) is 6.33 Å². The molecule has 11 aromatic carbocycles. The molecule has 0 unspecified atom stereocenters. The third-order valence-electron chi connectivity index (χ3n) is 16.9. The smallest absolute Gasteiger partial charge is 0.268 e. The molecule has 0 bridgehead atoms. The number of fused-ring (bicyclic) bond motifs is 4. The Kier molecular flexibility index (Phi) is 9.87. The molecule has 0 aliphatic heterocycles. The van der Waals surface area contributed by atoms with E-state index in [4.69, 9.17) is 33.0 Å². The maximum atomic E-state index is 10.4. The molecule has 0 saturated carbocycles. The normalized spacial score (nSPS) is 17.0. The van der Waals surface area contributed by atoms with E-state index in [0.717, 1.165) is 17.3 Å². The topological polar surface area (TPSA) is 35.9 Å². The molecule has 0 fully saturated rings. The van der Waals surface area contributed by atoms with Crippen molar-refractivity contribution in [1.29, 1.82) is 0 Å². The Hall–Kier alpha value is -9.45. The minimum absolute atomic E-state index is 0. The van der Waals surface area contributed by atoms with Gasteiger partial charge < -0.3 is 13.9 Å². The van der Waals surface area contributed by atoms with Crippen LogP contribution in [0.5, 0.6) is 11.5 Å². The number of pyridine rings is 1. The van der Waals surface area contributed by atoms with Crippen LogP contribution < -0.4 is 30.1 Å². The molecule has 3 heterocycles. The van der Waals surface area contributed by atoms with Crippen molar-refractivity contribution < 1.29 is 70.1 Å². The molecule has 0 atom stereocenters. The summed E-state index contributed by atoms with van der Waals surface area (Å²) < 4.78 is 281. The number of imidazole rings is 1. The summed E-state index contributed by atoms with van der Waals surface area (Å²) in [4.78, 5) is 4.72. The molecule has 5 nitrogen and oxygen atoms in total. The van der Waals surface area contributed by atoms with Gasteiger partial charge in [-0.05, 0) is 148 Å². The third-order valence-corrected chi connectivity index (χ3v) is 21.1. The fourth-order valence-corrected chi connectivity index (χ4v) is 16.1. The number of hydrogen-bond acceptors (Lipinski definition) is 2. The number of aromatic nitrogens is 4. The first-order chi connectivity index (χ1) is 56.6. The second-order valence-electron chi connectivity index (χ2n) is 25.9. The van der Waals surface area contributed by atoms with Gasteiger partial charge in [0.15, 0.2) is 8.07 Å². The van der Waals surface area contributed by atoms with E-state index in [1.165, 1.54) is 51.6 Å². The van der Waals surface area contributed by atoms with Crippen molar-refractivity contribution in [2.24, 2.45) is 0 Å². The van der Waals surface area contributed by atoms with Crippen molar-refractivity contribution in [3.63, 3.8) is 0 Å². The summed E-state index contributed by atoms with van der Waals surface area (Å²) in [5, 5.41) is -1.37. The molecule has 0 spiro atoms. The molecule has 3 aromatic heterocycles. The van der Waals surface area contributed by atoms with Crippen LogP contribution >= 0.6 is 0 Å². The van der Waals surface area contributed by atoms with Crippen molar-refractivity contribution in [3.05, 3.63) is 306 Å². The largest absolute Gasteiger partial charge is 0.510 e. The Balaban J connectivity index is 0.0000130. The van der Waals surface area contributed by atoms with Gasteiger partial charge in [-0.2, -0.15) is 18.2 Å². The molecule has 0 amide bonds. The average molecular weight is 1450 g/mol. The minimum Gasteiger partial charge on any atom is -0.510 e. The predicted octanol–water partition coefficient (Wildman–Crippen LogP) is 18.8. The Labute approximate surface area is 611 Å².